The van der Waals surface area contributed by atoms with E-state index in [1.54, 1.807) is 7.11 Å². The molecule has 1 unspecified atom stereocenters. The molecule has 0 fully saturated rings. The Morgan fingerprint density at radius 2 is 2.33 bits per heavy atom. The van der Waals surface area contributed by atoms with E-state index in [2.05, 4.69) is 30.4 Å². The fourth-order valence-corrected chi connectivity index (χ4v) is 2.19. The number of anilines is 1. The Morgan fingerprint density at radius 3 is 3.13 bits per heavy atom. The maximum atomic E-state index is 5.13. The number of hydrogen-bond donors (Lipinski definition) is 1. The number of hydrogen-bond acceptors (Lipinski definition) is 2. The van der Waals surface area contributed by atoms with Gasteiger partial charge in [0.05, 0.1) is 0 Å². The third-order valence-electron chi connectivity index (χ3n) is 3.08. The van der Waals surface area contributed by atoms with Crippen molar-refractivity contribution >= 4 is 5.69 Å². The molecule has 2 heteroatoms. The van der Waals surface area contributed by atoms with Crippen molar-refractivity contribution in [3.8, 4) is 0 Å². The molecule has 0 aliphatic carbocycles. The van der Waals surface area contributed by atoms with Crippen LogP contribution in [0.3, 0.4) is 0 Å². The first-order valence-electron chi connectivity index (χ1n) is 5.62. The van der Waals surface area contributed by atoms with Crippen molar-refractivity contribution in [2.75, 3.05) is 25.6 Å². The van der Waals surface area contributed by atoms with Crippen LogP contribution in [0, 0.1) is 12.8 Å². The van der Waals surface area contributed by atoms with Crippen molar-refractivity contribution in [1.29, 1.82) is 0 Å². The molecule has 1 aromatic carbocycles. The molecule has 1 aliphatic heterocycles. The molecule has 0 spiro atoms. The largest absolute Gasteiger partial charge is 0.385 e. The molecule has 1 N–H and O–H groups in total. The van der Waals surface area contributed by atoms with E-state index in [0.717, 1.165) is 25.5 Å². The number of benzene rings is 1. The summed E-state index contributed by atoms with van der Waals surface area (Å²) in [7, 11) is 1.77. The summed E-state index contributed by atoms with van der Waals surface area (Å²) in [6.45, 7) is 4.10. The summed E-state index contributed by atoms with van der Waals surface area (Å²) in [5.41, 5.74) is 4.12. The standard InChI is InChI=1S/C13H19NO/c1-10-3-4-13-12(7-10)8-11(9-14-13)5-6-15-2/h3-4,7,11,14H,5-6,8-9H2,1-2H3. The van der Waals surface area contributed by atoms with Crippen LogP contribution in [0.4, 0.5) is 5.69 Å². The van der Waals surface area contributed by atoms with Crippen molar-refractivity contribution in [2.24, 2.45) is 5.92 Å². The second-order valence-corrected chi connectivity index (χ2v) is 4.39. The van der Waals surface area contributed by atoms with Gasteiger partial charge in [0, 0.05) is 25.9 Å². The van der Waals surface area contributed by atoms with E-state index >= 15 is 0 Å². The fraction of sp³-hybridized carbons (Fsp3) is 0.538. The number of nitrogens with one attached hydrogen (secondary N) is 1. The fourth-order valence-electron chi connectivity index (χ4n) is 2.19. The number of rotatable bonds is 3. The lowest BCUT2D eigenvalue weighted by Crippen LogP contribution is -2.24. The molecular formula is C13H19NO. The topological polar surface area (TPSA) is 21.3 Å². The average molecular weight is 205 g/mol. The van der Waals surface area contributed by atoms with Gasteiger partial charge in [-0.3, -0.25) is 0 Å². The molecule has 0 amide bonds. The maximum Gasteiger partial charge on any atom is 0.0465 e. The van der Waals surface area contributed by atoms with Crippen LogP contribution in [-0.4, -0.2) is 20.3 Å². The molecule has 1 atom stereocenters. The summed E-state index contributed by atoms with van der Waals surface area (Å²) in [5, 5.41) is 3.49. The third kappa shape index (κ3) is 2.51. The Kier molecular flexibility index (Phi) is 3.27. The summed E-state index contributed by atoms with van der Waals surface area (Å²) in [6.07, 6.45) is 2.34. The van der Waals surface area contributed by atoms with Gasteiger partial charge in [0.2, 0.25) is 0 Å². The van der Waals surface area contributed by atoms with Crippen molar-refractivity contribution < 1.29 is 4.74 Å². The summed E-state index contributed by atoms with van der Waals surface area (Å²) < 4.78 is 5.13. The number of aryl methyl sites for hydroxylation is 1. The van der Waals surface area contributed by atoms with Gasteiger partial charge < -0.3 is 10.1 Å². The second-order valence-electron chi connectivity index (χ2n) is 4.39. The Bertz CT molecular complexity index is 335. The van der Waals surface area contributed by atoms with Gasteiger partial charge in [0.25, 0.3) is 0 Å². The van der Waals surface area contributed by atoms with Gasteiger partial charge in [0.15, 0.2) is 0 Å². The van der Waals surface area contributed by atoms with Crippen LogP contribution in [0.25, 0.3) is 0 Å². The SMILES string of the molecule is COCCC1CNc2ccc(C)cc2C1. The summed E-state index contributed by atoms with van der Waals surface area (Å²) in [6, 6.07) is 6.65. The zero-order valence-electron chi connectivity index (χ0n) is 9.55. The normalized spacial score (nSPS) is 19.5. The van der Waals surface area contributed by atoms with Crippen molar-refractivity contribution in [1.82, 2.24) is 0 Å². The van der Waals surface area contributed by atoms with Crippen molar-refractivity contribution in [2.45, 2.75) is 19.8 Å². The van der Waals surface area contributed by atoms with E-state index in [0.29, 0.717) is 0 Å². The molecule has 0 bridgehead atoms. The third-order valence-corrected chi connectivity index (χ3v) is 3.08. The molecular weight excluding hydrogens is 186 g/mol. The van der Waals surface area contributed by atoms with Gasteiger partial charge in [-0.25, -0.2) is 0 Å². The Hall–Kier alpha value is -1.02. The lowest BCUT2D eigenvalue weighted by molar-refractivity contribution is 0.178. The van der Waals surface area contributed by atoms with Crippen LogP contribution in [0.2, 0.25) is 0 Å². The molecule has 1 aliphatic rings. The first kappa shape index (κ1) is 10.5. The van der Waals surface area contributed by atoms with Crippen LogP contribution in [0.1, 0.15) is 17.5 Å². The Labute approximate surface area is 91.6 Å². The lowest BCUT2D eigenvalue weighted by Gasteiger charge is -2.26. The quantitative estimate of drug-likeness (QED) is 0.819. The zero-order valence-corrected chi connectivity index (χ0v) is 9.55. The number of ether oxygens (including phenoxy) is 1. The predicted molar refractivity (Wildman–Crippen MR) is 63.4 cm³/mol. The predicted octanol–water partition coefficient (Wildman–Crippen LogP) is 2.62. The van der Waals surface area contributed by atoms with E-state index < -0.39 is 0 Å². The van der Waals surface area contributed by atoms with Gasteiger partial charge in [-0.2, -0.15) is 0 Å². The summed E-state index contributed by atoms with van der Waals surface area (Å²) >= 11 is 0. The molecule has 0 saturated carbocycles. The number of methoxy groups -OCH3 is 1. The molecule has 1 aromatic rings. The van der Waals surface area contributed by atoms with Gasteiger partial charge in [-0.05, 0) is 37.3 Å². The highest BCUT2D eigenvalue weighted by Crippen LogP contribution is 2.26. The monoisotopic (exact) mass is 205 g/mol. The Morgan fingerprint density at radius 1 is 1.47 bits per heavy atom. The van der Waals surface area contributed by atoms with Gasteiger partial charge >= 0.3 is 0 Å². The van der Waals surface area contributed by atoms with Gasteiger partial charge in [0.1, 0.15) is 0 Å². The average Bonchev–Trinajstić information content (AvgIpc) is 2.25. The molecule has 0 radical (unpaired) electrons. The lowest BCUT2D eigenvalue weighted by atomic mass is 9.91. The highest BCUT2D eigenvalue weighted by atomic mass is 16.5. The minimum absolute atomic E-state index is 0.722. The van der Waals surface area contributed by atoms with E-state index in [1.165, 1.54) is 23.2 Å². The minimum Gasteiger partial charge on any atom is -0.385 e. The zero-order chi connectivity index (χ0) is 10.7. The molecule has 2 rings (SSSR count). The highest BCUT2D eigenvalue weighted by Gasteiger charge is 2.17. The molecule has 2 nitrogen and oxygen atoms in total. The summed E-state index contributed by atoms with van der Waals surface area (Å²) in [4.78, 5) is 0. The first-order valence-corrected chi connectivity index (χ1v) is 5.62. The van der Waals surface area contributed by atoms with Crippen LogP contribution < -0.4 is 5.32 Å². The molecule has 0 saturated heterocycles. The van der Waals surface area contributed by atoms with Crippen LogP contribution in [-0.2, 0) is 11.2 Å². The van der Waals surface area contributed by atoms with E-state index in [4.69, 9.17) is 4.74 Å². The van der Waals surface area contributed by atoms with Crippen molar-refractivity contribution in [3.05, 3.63) is 29.3 Å². The van der Waals surface area contributed by atoms with Crippen molar-refractivity contribution in [3.63, 3.8) is 0 Å². The smallest absolute Gasteiger partial charge is 0.0465 e. The minimum atomic E-state index is 0.722. The van der Waals surface area contributed by atoms with Gasteiger partial charge in [-0.15, -0.1) is 0 Å². The second kappa shape index (κ2) is 4.67. The first-order chi connectivity index (χ1) is 7.29. The number of fused-ring (bicyclic) bond motifs is 1. The summed E-state index contributed by atoms with van der Waals surface area (Å²) in [5.74, 6) is 0.722. The van der Waals surface area contributed by atoms with Gasteiger partial charge in [-0.1, -0.05) is 17.7 Å². The molecule has 1 heterocycles. The highest BCUT2D eigenvalue weighted by molar-refractivity contribution is 5.54. The molecule has 82 valence electrons. The Balaban J connectivity index is 2.05. The van der Waals surface area contributed by atoms with E-state index in [1.807, 2.05) is 0 Å². The maximum absolute atomic E-state index is 5.13. The van der Waals surface area contributed by atoms with E-state index in [-0.39, 0.29) is 0 Å². The van der Waals surface area contributed by atoms with E-state index in [9.17, 15) is 0 Å². The molecule has 15 heavy (non-hydrogen) atoms. The van der Waals surface area contributed by atoms with Crippen LogP contribution in [0.15, 0.2) is 18.2 Å². The van der Waals surface area contributed by atoms with Crippen LogP contribution >= 0.6 is 0 Å². The van der Waals surface area contributed by atoms with Crippen LogP contribution in [0.5, 0.6) is 0 Å². The molecule has 0 aromatic heterocycles.